The van der Waals surface area contributed by atoms with E-state index >= 15 is 0 Å². The zero-order valence-corrected chi connectivity index (χ0v) is 15.1. The molecule has 0 saturated heterocycles. The van der Waals surface area contributed by atoms with E-state index < -0.39 is 29.7 Å². The third-order valence-corrected chi connectivity index (χ3v) is 4.49. The second-order valence-corrected chi connectivity index (χ2v) is 6.49. The molecule has 28 heavy (non-hydrogen) atoms. The molecule has 142 valence electrons. The molecule has 0 heterocycles. The molecular weight excluding hydrogens is 357 g/mol. The molecule has 1 amide bonds. The molecule has 0 fully saturated rings. The first-order valence-electron chi connectivity index (χ1n) is 8.91. The number of halogens is 1. The second-order valence-electron chi connectivity index (χ2n) is 6.49. The van der Waals surface area contributed by atoms with Gasteiger partial charge in [-0.3, -0.25) is 4.79 Å². The molecule has 0 radical (unpaired) electrons. The maximum atomic E-state index is 13.4. The van der Waals surface area contributed by atoms with Crippen molar-refractivity contribution >= 4 is 11.9 Å². The van der Waals surface area contributed by atoms with Crippen LogP contribution >= 0.6 is 0 Å². The minimum absolute atomic E-state index is 0.0994. The number of carboxylic acid groups (broad SMARTS) is 1. The van der Waals surface area contributed by atoms with E-state index in [9.17, 15) is 19.1 Å². The minimum Gasteiger partial charge on any atom is -0.480 e. The Morgan fingerprint density at radius 3 is 1.93 bits per heavy atom. The lowest BCUT2D eigenvalue weighted by Gasteiger charge is -2.26. The van der Waals surface area contributed by atoms with Gasteiger partial charge in [-0.2, -0.15) is 0 Å². The molecule has 2 N–H and O–H groups in total. The Labute approximate surface area is 162 Å². The van der Waals surface area contributed by atoms with Crippen LogP contribution in [0, 0.1) is 5.82 Å². The van der Waals surface area contributed by atoms with Gasteiger partial charge in [-0.25, -0.2) is 9.18 Å². The number of hydrogen-bond donors (Lipinski definition) is 2. The molecule has 0 aliphatic rings. The molecule has 4 nitrogen and oxygen atoms in total. The Hall–Kier alpha value is -3.47. The van der Waals surface area contributed by atoms with E-state index in [-0.39, 0.29) is 6.42 Å². The molecule has 0 saturated carbocycles. The number of amides is 1. The summed E-state index contributed by atoms with van der Waals surface area (Å²) in [5.41, 5.74) is 2.05. The highest BCUT2D eigenvalue weighted by molar-refractivity contribution is 5.86. The van der Waals surface area contributed by atoms with E-state index in [0.717, 1.165) is 11.1 Å². The molecule has 0 spiro atoms. The van der Waals surface area contributed by atoms with Crippen molar-refractivity contribution in [3.05, 3.63) is 107 Å². The van der Waals surface area contributed by atoms with Crippen molar-refractivity contribution in [1.82, 2.24) is 5.32 Å². The molecule has 3 aromatic rings. The Balaban J connectivity index is 1.89. The van der Waals surface area contributed by atoms with Crippen LogP contribution in [0.25, 0.3) is 0 Å². The quantitative estimate of drug-likeness (QED) is 0.659. The van der Waals surface area contributed by atoms with Crippen molar-refractivity contribution in [2.24, 2.45) is 0 Å². The number of carbonyl (C=O) groups is 2. The largest absolute Gasteiger partial charge is 0.480 e. The van der Waals surface area contributed by atoms with Crippen molar-refractivity contribution < 1.29 is 19.1 Å². The summed E-state index contributed by atoms with van der Waals surface area (Å²) in [6, 6.07) is 22.9. The van der Waals surface area contributed by atoms with Crippen LogP contribution in [0.3, 0.4) is 0 Å². The Morgan fingerprint density at radius 2 is 1.43 bits per heavy atom. The highest BCUT2D eigenvalue weighted by atomic mass is 19.1. The van der Waals surface area contributed by atoms with E-state index in [4.69, 9.17) is 0 Å². The predicted octanol–water partition coefficient (Wildman–Crippen LogP) is 3.77. The topological polar surface area (TPSA) is 66.4 Å². The van der Waals surface area contributed by atoms with E-state index in [1.165, 1.54) is 18.2 Å². The number of aliphatic carboxylic acids is 1. The lowest BCUT2D eigenvalue weighted by Crippen LogP contribution is -2.46. The number of carboxylic acids is 1. The lowest BCUT2D eigenvalue weighted by atomic mass is 9.85. The number of benzene rings is 3. The Kier molecular flexibility index (Phi) is 6.17. The van der Waals surface area contributed by atoms with Crippen LogP contribution in [0.1, 0.15) is 22.6 Å². The van der Waals surface area contributed by atoms with Gasteiger partial charge < -0.3 is 10.4 Å². The van der Waals surface area contributed by atoms with Gasteiger partial charge in [-0.1, -0.05) is 72.8 Å². The van der Waals surface area contributed by atoms with Crippen molar-refractivity contribution in [1.29, 1.82) is 0 Å². The van der Waals surface area contributed by atoms with Gasteiger partial charge in [0, 0.05) is 5.92 Å². The lowest BCUT2D eigenvalue weighted by molar-refractivity contribution is -0.142. The third-order valence-electron chi connectivity index (χ3n) is 4.49. The maximum absolute atomic E-state index is 13.4. The van der Waals surface area contributed by atoms with Gasteiger partial charge in [0.2, 0.25) is 5.91 Å². The highest BCUT2D eigenvalue weighted by Crippen LogP contribution is 2.28. The molecule has 5 heteroatoms. The third kappa shape index (κ3) is 4.82. The fourth-order valence-electron chi connectivity index (χ4n) is 3.24. The van der Waals surface area contributed by atoms with Crippen LogP contribution in [0.15, 0.2) is 84.9 Å². The molecule has 0 aromatic heterocycles. The summed E-state index contributed by atoms with van der Waals surface area (Å²) in [6.07, 6.45) is -0.0994. The molecule has 0 aliphatic heterocycles. The molecule has 3 aromatic carbocycles. The average Bonchev–Trinajstić information content (AvgIpc) is 2.69. The second kappa shape index (κ2) is 8.95. The van der Waals surface area contributed by atoms with E-state index in [1.807, 2.05) is 60.7 Å². The summed E-state index contributed by atoms with van der Waals surface area (Å²) in [6.45, 7) is 0. The first kappa shape index (κ1) is 19.3. The standard InChI is InChI=1S/C23H20FNO3/c24-19-13-7-8-16(14-19)15-20(26)25-22(23(27)28)21(17-9-3-1-4-10-17)18-11-5-2-6-12-18/h1-14,21-22H,15H2,(H,25,26)(H,27,28)/t22-/m1/s1. The monoisotopic (exact) mass is 377 g/mol. The highest BCUT2D eigenvalue weighted by Gasteiger charge is 2.32. The smallest absolute Gasteiger partial charge is 0.327 e. The summed E-state index contributed by atoms with van der Waals surface area (Å²) in [5.74, 6) is -2.61. The molecule has 0 aliphatic carbocycles. The van der Waals surface area contributed by atoms with E-state index in [1.54, 1.807) is 6.07 Å². The maximum Gasteiger partial charge on any atom is 0.327 e. The Morgan fingerprint density at radius 1 is 0.857 bits per heavy atom. The van der Waals surface area contributed by atoms with Gasteiger partial charge in [0.25, 0.3) is 0 Å². The molecule has 3 rings (SSSR count). The number of hydrogen-bond acceptors (Lipinski definition) is 2. The molecule has 1 atom stereocenters. The average molecular weight is 377 g/mol. The molecule has 0 bridgehead atoms. The van der Waals surface area contributed by atoms with Crippen molar-refractivity contribution in [2.45, 2.75) is 18.4 Å². The first-order chi connectivity index (χ1) is 13.5. The first-order valence-corrected chi connectivity index (χ1v) is 8.91. The van der Waals surface area contributed by atoms with Crippen LogP contribution in [-0.4, -0.2) is 23.0 Å². The molecule has 0 unspecified atom stereocenters. The normalized spacial score (nSPS) is 11.8. The van der Waals surface area contributed by atoms with Crippen LogP contribution in [-0.2, 0) is 16.0 Å². The van der Waals surface area contributed by atoms with Crippen LogP contribution in [0.5, 0.6) is 0 Å². The van der Waals surface area contributed by atoms with Gasteiger partial charge in [0.05, 0.1) is 6.42 Å². The fourth-order valence-corrected chi connectivity index (χ4v) is 3.24. The van der Waals surface area contributed by atoms with Crippen LogP contribution in [0.2, 0.25) is 0 Å². The summed E-state index contributed by atoms with van der Waals surface area (Å²) in [5, 5.41) is 12.5. The SMILES string of the molecule is O=C(Cc1cccc(F)c1)N[C@@H](C(=O)O)C(c1ccccc1)c1ccccc1. The summed E-state index contributed by atoms with van der Waals surface area (Å²) in [4.78, 5) is 24.6. The summed E-state index contributed by atoms with van der Waals surface area (Å²) < 4.78 is 13.4. The van der Waals surface area contributed by atoms with E-state index in [2.05, 4.69) is 5.32 Å². The van der Waals surface area contributed by atoms with Gasteiger partial charge in [0.1, 0.15) is 11.9 Å². The fraction of sp³-hybridized carbons (Fsp3) is 0.130. The van der Waals surface area contributed by atoms with Crippen LogP contribution in [0.4, 0.5) is 4.39 Å². The van der Waals surface area contributed by atoms with Gasteiger partial charge in [-0.15, -0.1) is 0 Å². The number of carbonyl (C=O) groups excluding carboxylic acids is 1. The van der Waals surface area contributed by atoms with Gasteiger partial charge >= 0.3 is 5.97 Å². The van der Waals surface area contributed by atoms with Gasteiger partial charge in [-0.05, 0) is 28.8 Å². The number of nitrogens with one attached hydrogen (secondary N) is 1. The van der Waals surface area contributed by atoms with Crippen molar-refractivity contribution in [2.75, 3.05) is 0 Å². The Bertz CT molecular complexity index is 905. The predicted molar refractivity (Wildman–Crippen MR) is 104 cm³/mol. The van der Waals surface area contributed by atoms with E-state index in [0.29, 0.717) is 5.56 Å². The van der Waals surface area contributed by atoms with Crippen molar-refractivity contribution in [3.63, 3.8) is 0 Å². The zero-order valence-electron chi connectivity index (χ0n) is 15.1. The number of rotatable bonds is 7. The summed E-state index contributed by atoms with van der Waals surface area (Å²) >= 11 is 0. The van der Waals surface area contributed by atoms with Crippen molar-refractivity contribution in [3.8, 4) is 0 Å². The zero-order chi connectivity index (χ0) is 19.9. The minimum atomic E-state index is -1.16. The van der Waals surface area contributed by atoms with Crippen LogP contribution < -0.4 is 5.32 Å². The summed E-state index contributed by atoms with van der Waals surface area (Å²) in [7, 11) is 0. The molecular formula is C23H20FNO3. The van der Waals surface area contributed by atoms with Gasteiger partial charge in [0.15, 0.2) is 0 Å².